The highest BCUT2D eigenvalue weighted by Gasteiger charge is 2.36. The van der Waals surface area contributed by atoms with Gasteiger partial charge in [0.2, 0.25) is 5.91 Å². The van der Waals surface area contributed by atoms with Crippen LogP contribution in [0.3, 0.4) is 0 Å². The molecule has 0 bridgehead atoms. The summed E-state index contributed by atoms with van der Waals surface area (Å²) in [5, 5.41) is 12.2. The Bertz CT molecular complexity index is 383. The third kappa shape index (κ3) is 4.36. The van der Waals surface area contributed by atoms with Gasteiger partial charge in [0.05, 0.1) is 6.42 Å². The van der Waals surface area contributed by atoms with Crippen LogP contribution in [0, 0.1) is 5.41 Å². The minimum Gasteiger partial charge on any atom is -0.481 e. The van der Waals surface area contributed by atoms with Crippen molar-refractivity contribution in [2.24, 2.45) is 5.41 Å². The van der Waals surface area contributed by atoms with Gasteiger partial charge in [-0.2, -0.15) is 0 Å². The Morgan fingerprint density at radius 1 is 1.15 bits per heavy atom. The van der Waals surface area contributed by atoms with Crippen molar-refractivity contribution < 1.29 is 14.7 Å². The standard InChI is InChI=1S/C16H25NO3/c18-14(17-13-7-3-1-4-8-13)11-16(12-15(19)20)9-5-2-6-10-16/h1,3,13H,2,4-12H2,(H,17,18)(H,19,20). The SMILES string of the molecule is O=C(O)CC1(CC(=O)NC2CC=CCC2)CCCCC1. The van der Waals surface area contributed by atoms with E-state index in [1.807, 2.05) is 0 Å². The number of carboxylic acid groups (broad SMARTS) is 1. The maximum Gasteiger partial charge on any atom is 0.303 e. The van der Waals surface area contributed by atoms with Gasteiger partial charge in [0.15, 0.2) is 0 Å². The van der Waals surface area contributed by atoms with E-state index >= 15 is 0 Å². The van der Waals surface area contributed by atoms with Crippen LogP contribution in [0.4, 0.5) is 0 Å². The van der Waals surface area contributed by atoms with Gasteiger partial charge in [-0.25, -0.2) is 0 Å². The van der Waals surface area contributed by atoms with Crippen LogP contribution in [-0.4, -0.2) is 23.0 Å². The highest BCUT2D eigenvalue weighted by atomic mass is 16.4. The molecule has 0 saturated heterocycles. The smallest absolute Gasteiger partial charge is 0.303 e. The first-order valence-electron chi connectivity index (χ1n) is 7.76. The van der Waals surface area contributed by atoms with Crippen LogP contribution < -0.4 is 5.32 Å². The zero-order chi connectivity index (χ0) is 14.4. The van der Waals surface area contributed by atoms with Gasteiger partial charge in [0, 0.05) is 12.5 Å². The number of hydrogen-bond donors (Lipinski definition) is 2. The quantitative estimate of drug-likeness (QED) is 0.760. The number of carbonyl (C=O) groups is 2. The minimum atomic E-state index is -0.778. The highest BCUT2D eigenvalue weighted by molar-refractivity contribution is 5.78. The summed E-state index contributed by atoms with van der Waals surface area (Å²) in [4.78, 5) is 23.3. The maximum absolute atomic E-state index is 12.2. The van der Waals surface area contributed by atoms with E-state index in [0.717, 1.165) is 51.4 Å². The molecule has 4 nitrogen and oxygen atoms in total. The zero-order valence-electron chi connectivity index (χ0n) is 12.1. The summed E-state index contributed by atoms with van der Waals surface area (Å²) in [6.45, 7) is 0. The summed E-state index contributed by atoms with van der Waals surface area (Å²) in [6.07, 6.45) is 12.7. The molecule has 112 valence electrons. The summed E-state index contributed by atoms with van der Waals surface area (Å²) in [6, 6.07) is 0.234. The topological polar surface area (TPSA) is 66.4 Å². The summed E-state index contributed by atoms with van der Waals surface area (Å²) in [5.74, 6) is -0.742. The predicted molar refractivity (Wildman–Crippen MR) is 77.3 cm³/mol. The first-order valence-corrected chi connectivity index (χ1v) is 7.76. The van der Waals surface area contributed by atoms with E-state index in [9.17, 15) is 9.59 Å². The van der Waals surface area contributed by atoms with Gasteiger partial charge < -0.3 is 10.4 Å². The molecule has 2 rings (SSSR count). The molecule has 1 fully saturated rings. The normalized spacial score (nSPS) is 25.1. The summed E-state index contributed by atoms with van der Waals surface area (Å²) in [7, 11) is 0. The Hall–Kier alpha value is -1.32. The molecule has 2 aliphatic rings. The Morgan fingerprint density at radius 3 is 2.50 bits per heavy atom. The number of rotatable bonds is 5. The third-order valence-corrected chi connectivity index (χ3v) is 4.61. The molecule has 1 saturated carbocycles. The molecule has 1 unspecified atom stereocenters. The molecule has 0 heterocycles. The Labute approximate surface area is 120 Å². The van der Waals surface area contributed by atoms with E-state index in [-0.39, 0.29) is 23.8 Å². The van der Waals surface area contributed by atoms with Crippen LogP contribution in [0.25, 0.3) is 0 Å². The summed E-state index contributed by atoms with van der Waals surface area (Å²) < 4.78 is 0. The number of aliphatic carboxylic acids is 1. The molecule has 4 heteroatoms. The monoisotopic (exact) mass is 279 g/mol. The fourth-order valence-corrected chi connectivity index (χ4v) is 3.58. The van der Waals surface area contributed by atoms with Gasteiger partial charge in [-0.3, -0.25) is 9.59 Å². The summed E-state index contributed by atoms with van der Waals surface area (Å²) in [5.41, 5.74) is -0.307. The molecule has 0 aliphatic heterocycles. The van der Waals surface area contributed by atoms with Crippen molar-refractivity contribution in [1.29, 1.82) is 0 Å². The van der Waals surface area contributed by atoms with Gasteiger partial charge in [-0.1, -0.05) is 31.4 Å². The number of nitrogens with one attached hydrogen (secondary N) is 1. The van der Waals surface area contributed by atoms with E-state index in [4.69, 9.17) is 5.11 Å². The van der Waals surface area contributed by atoms with E-state index in [1.165, 1.54) is 0 Å². The van der Waals surface area contributed by atoms with Crippen molar-refractivity contribution >= 4 is 11.9 Å². The zero-order valence-corrected chi connectivity index (χ0v) is 12.1. The van der Waals surface area contributed by atoms with E-state index in [1.54, 1.807) is 0 Å². The molecule has 20 heavy (non-hydrogen) atoms. The molecular weight excluding hydrogens is 254 g/mol. The Kier molecular flexibility index (Phi) is 5.21. The lowest BCUT2D eigenvalue weighted by Gasteiger charge is -2.36. The lowest BCUT2D eigenvalue weighted by Crippen LogP contribution is -2.40. The van der Waals surface area contributed by atoms with Crippen molar-refractivity contribution in [2.75, 3.05) is 0 Å². The molecule has 0 spiro atoms. The number of amides is 1. The predicted octanol–water partition coefficient (Wildman–Crippen LogP) is 3.03. The van der Waals surface area contributed by atoms with E-state index in [2.05, 4.69) is 17.5 Å². The van der Waals surface area contributed by atoms with Crippen molar-refractivity contribution in [3.8, 4) is 0 Å². The molecule has 1 atom stereocenters. The average Bonchev–Trinajstić information content (AvgIpc) is 2.39. The van der Waals surface area contributed by atoms with Crippen LogP contribution in [-0.2, 0) is 9.59 Å². The maximum atomic E-state index is 12.2. The first kappa shape index (κ1) is 15.1. The first-order chi connectivity index (χ1) is 9.60. The van der Waals surface area contributed by atoms with E-state index < -0.39 is 5.97 Å². The van der Waals surface area contributed by atoms with Gasteiger partial charge >= 0.3 is 5.97 Å². The van der Waals surface area contributed by atoms with Crippen LogP contribution in [0.5, 0.6) is 0 Å². The highest BCUT2D eigenvalue weighted by Crippen LogP contribution is 2.42. The summed E-state index contributed by atoms with van der Waals surface area (Å²) >= 11 is 0. The molecule has 0 aromatic heterocycles. The fraction of sp³-hybridized carbons (Fsp3) is 0.750. The van der Waals surface area contributed by atoms with Gasteiger partial charge in [-0.15, -0.1) is 0 Å². The number of carboxylic acids is 1. The number of carbonyl (C=O) groups excluding carboxylic acids is 1. The molecule has 0 aromatic rings. The lowest BCUT2D eigenvalue weighted by molar-refractivity contribution is -0.141. The van der Waals surface area contributed by atoms with Crippen LogP contribution in [0.1, 0.15) is 64.2 Å². The second-order valence-electron chi connectivity index (χ2n) is 6.36. The molecule has 2 aliphatic carbocycles. The van der Waals surface area contributed by atoms with Crippen molar-refractivity contribution in [3.63, 3.8) is 0 Å². The van der Waals surface area contributed by atoms with Crippen molar-refractivity contribution in [1.82, 2.24) is 5.32 Å². The average molecular weight is 279 g/mol. The second kappa shape index (κ2) is 6.91. The van der Waals surface area contributed by atoms with Crippen LogP contribution >= 0.6 is 0 Å². The lowest BCUT2D eigenvalue weighted by atomic mass is 9.69. The van der Waals surface area contributed by atoms with Crippen LogP contribution in [0.2, 0.25) is 0 Å². The van der Waals surface area contributed by atoms with Gasteiger partial charge in [0.1, 0.15) is 0 Å². The molecule has 2 N–H and O–H groups in total. The number of allylic oxidation sites excluding steroid dienone is 1. The fourth-order valence-electron chi connectivity index (χ4n) is 3.58. The molecular formula is C16H25NO3. The third-order valence-electron chi connectivity index (χ3n) is 4.61. The van der Waals surface area contributed by atoms with Crippen LogP contribution in [0.15, 0.2) is 12.2 Å². The molecule has 0 radical (unpaired) electrons. The van der Waals surface area contributed by atoms with Crippen molar-refractivity contribution in [3.05, 3.63) is 12.2 Å². The van der Waals surface area contributed by atoms with Gasteiger partial charge in [-0.05, 0) is 37.5 Å². The van der Waals surface area contributed by atoms with E-state index in [0.29, 0.717) is 6.42 Å². The number of hydrogen-bond acceptors (Lipinski definition) is 2. The Morgan fingerprint density at radius 2 is 1.90 bits per heavy atom. The molecule has 0 aromatic carbocycles. The van der Waals surface area contributed by atoms with Crippen molar-refractivity contribution in [2.45, 2.75) is 70.3 Å². The largest absolute Gasteiger partial charge is 0.481 e. The van der Waals surface area contributed by atoms with Gasteiger partial charge in [0.25, 0.3) is 0 Å². The Balaban J connectivity index is 1.90. The second-order valence-corrected chi connectivity index (χ2v) is 6.36. The molecule has 1 amide bonds. The minimum absolute atomic E-state index is 0.0356.